The van der Waals surface area contributed by atoms with Gasteiger partial charge in [-0.15, -0.1) is 11.3 Å². The Kier molecular flexibility index (Phi) is 6.81. The van der Waals surface area contributed by atoms with Gasteiger partial charge < -0.3 is 28.8 Å². The van der Waals surface area contributed by atoms with Crippen molar-refractivity contribution < 1.29 is 19.1 Å². The molecular weight excluding hydrogens is 524 g/mol. The molecular formula is C31H38N4O4S. The van der Waals surface area contributed by atoms with E-state index >= 15 is 0 Å². The van der Waals surface area contributed by atoms with Crippen LogP contribution in [0.4, 0.5) is 4.79 Å². The van der Waals surface area contributed by atoms with Crippen LogP contribution in [-0.2, 0) is 18.3 Å². The highest BCUT2D eigenvalue weighted by atomic mass is 32.1. The van der Waals surface area contributed by atoms with Crippen LogP contribution in [0.5, 0.6) is 5.75 Å². The predicted molar refractivity (Wildman–Crippen MR) is 159 cm³/mol. The number of likely N-dealkylation sites (tertiary alicyclic amines) is 1. The van der Waals surface area contributed by atoms with Gasteiger partial charge in [0, 0.05) is 49.1 Å². The third-order valence-electron chi connectivity index (χ3n) is 7.89. The topological polar surface area (TPSA) is 77.7 Å². The monoisotopic (exact) mass is 562 g/mol. The lowest BCUT2D eigenvalue weighted by molar-refractivity contribution is 0.0452. The summed E-state index contributed by atoms with van der Waals surface area (Å²) in [5, 5.41) is 7.35. The van der Waals surface area contributed by atoms with Gasteiger partial charge in [0.1, 0.15) is 16.2 Å². The molecule has 0 bridgehead atoms. The third-order valence-corrected chi connectivity index (χ3v) is 8.84. The second-order valence-corrected chi connectivity index (χ2v) is 13.1. The van der Waals surface area contributed by atoms with Crippen LogP contribution in [-0.4, -0.2) is 57.9 Å². The Morgan fingerprint density at radius 2 is 1.85 bits per heavy atom. The minimum Gasteiger partial charge on any atom is -0.495 e. The number of methoxy groups -OCH3 is 1. The zero-order valence-electron chi connectivity index (χ0n) is 24.0. The van der Waals surface area contributed by atoms with Gasteiger partial charge in [-0.3, -0.25) is 4.79 Å². The van der Waals surface area contributed by atoms with Crippen LogP contribution in [0.1, 0.15) is 56.8 Å². The molecule has 2 amide bonds. The van der Waals surface area contributed by atoms with Crippen LogP contribution < -0.4 is 10.1 Å². The number of rotatable bonds is 6. The Labute approximate surface area is 238 Å². The molecule has 3 aromatic heterocycles. The maximum atomic E-state index is 13.7. The highest BCUT2D eigenvalue weighted by Gasteiger charge is 2.29. The molecule has 4 heterocycles. The minimum absolute atomic E-state index is 0.0566. The van der Waals surface area contributed by atoms with E-state index in [2.05, 4.69) is 45.1 Å². The number of nitrogens with zero attached hydrogens (tertiary/aromatic N) is 3. The molecule has 8 nitrogen and oxygen atoms in total. The van der Waals surface area contributed by atoms with Gasteiger partial charge >= 0.3 is 6.09 Å². The largest absolute Gasteiger partial charge is 0.495 e. The zero-order valence-corrected chi connectivity index (χ0v) is 24.8. The van der Waals surface area contributed by atoms with Gasteiger partial charge in [0.2, 0.25) is 0 Å². The van der Waals surface area contributed by atoms with Crippen molar-refractivity contribution in [1.29, 1.82) is 0 Å². The van der Waals surface area contributed by atoms with E-state index in [-0.39, 0.29) is 11.9 Å². The van der Waals surface area contributed by atoms with Crippen LogP contribution in [0.2, 0.25) is 0 Å². The Hall–Kier alpha value is -3.46. The van der Waals surface area contributed by atoms with Gasteiger partial charge in [0.05, 0.1) is 24.0 Å². The van der Waals surface area contributed by atoms with Crippen molar-refractivity contribution in [2.75, 3.05) is 20.2 Å². The molecule has 4 aromatic rings. The summed E-state index contributed by atoms with van der Waals surface area (Å²) in [6.45, 7) is 7.66. The van der Waals surface area contributed by atoms with Crippen molar-refractivity contribution in [2.24, 2.45) is 13.0 Å². The first-order valence-corrected chi connectivity index (χ1v) is 15.0. The molecule has 40 heavy (non-hydrogen) atoms. The molecule has 1 N–H and O–H groups in total. The summed E-state index contributed by atoms with van der Waals surface area (Å²) in [5.74, 6) is 1.37. The maximum Gasteiger partial charge on any atom is 0.407 e. The van der Waals surface area contributed by atoms with Crippen LogP contribution in [0.25, 0.3) is 32.5 Å². The molecule has 0 spiro atoms. The zero-order chi connectivity index (χ0) is 28.2. The molecule has 6 rings (SSSR count). The summed E-state index contributed by atoms with van der Waals surface area (Å²) < 4.78 is 15.9. The summed E-state index contributed by atoms with van der Waals surface area (Å²) in [6, 6.07) is 10.3. The van der Waals surface area contributed by atoms with Gasteiger partial charge in [0.15, 0.2) is 0 Å². The van der Waals surface area contributed by atoms with E-state index in [1.807, 2.05) is 37.8 Å². The first-order chi connectivity index (χ1) is 19.1. The van der Waals surface area contributed by atoms with E-state index in [1.54, 1.807) is 18.4 Å². The SMILES string of the molecule is COc1cc(C(=O)N2CCCC(NC(=O)OC(C)(C)C)C2)cc2cc(-c3cc4ccsc4n3CC3CC3)n(C)c12. The molecule has 1 aliphatic heterocycles. The van der Waals surface area contributed by atoms with Crippen LogP contribution in [0.3, 0.4) is 0 Å². The summed E-state index contributed by atoms with van der Waals surface area (Å²) in [7, 11) is 3.73. The van der Waals surface area contributed by atoms with E-state index < -0.39 is 11.7 Å². The number of ether oxygens (including phenoxy) is 2. The fourth-order valence-electron chi connectivity index (χ4n) is 5.85. The molecule has 2 aliphatic rings. The lowest BCUT2D eigenvalue weighted by atomic mass is 10.0. The van der Waals surface area contributed by atoms with E-state index in [9.17, 15) is 9.59 Å². The van der Waals surface area contributed by atoms with Gasteiger partial charge in [-0.25, -0.2) is 4.79 Å². The van der Waals surface area contributed by atoms with Crippen LogP contribution >= 0.6 is 11.3 Å². The molecule has 1 saturated heterocycles. The van der Waals surface area contributed by atoms with E-state index in [1.165, 1.54) is 28.8 Å². The lowest BCUT2D eigenvalue weighted by Gasteiger charge is -2.33. The normalized spacial score (nSPS) is 17.9. The average Bonchev–Trinajstić information content (AvgIpc) is 3.35. The Bertz CT molecular complexity index is 1590. The molecule has 0 radical (unpaired) electrons. The number of aryl methyl sites for hydroxylation is 1. The standard InChI is InChI=1S/C31H38N4O4S/c1-31(2,3)39-30(37)32-23-7-6-11-34(18-23)28(36)22-13-21-15-24(33(4)27(21)26(16-22)38-5)25-14-20-10-12-40-29(20)35(25)17-19-8-9-19/h10,12-16,19,23H,6-9,11,17-18H2,1-5H3,(H,32,37). The Balaban J connectivity index is 1.30. The number of fused-ring (bicyclic) bond motifs is 2. The first kappa shape index (κ1) is 26.7. The molecule has 1 aromatic carbocycles. The van der Waals surface area contributed by atoms with Crippen molar-refractivity contribution >= 4 is 44.5 Å². The van der Waals surface area contributed by atoms with Crippen LogP contribution in [0, 0.1) is 5.92 Å². The highest BCUT2D eigenvalue weighted by molar-refractivity contribution is 7.16. The number of aromatic nitrogens is 2. The molecule has 1 atom stereocenters. The number of piperidine rings is 1. The molecule has 9 heteroatoms. The molecule has 1 saturated carbocycles. The van der Waals surface area contributed by atoms with Gasteiger partial charge in [0.25, 0.3) is 5.91 Å². The van der Waals surface area contributed by atoms with E-state index in [4.69, 9.17) is 9.47 Å². The quantitative estimate of drug-likeness (QED) is 0.295. The summed E-state index contributed by atoms with van der Waals surface area (Å²) in [5.41, 5.74) is 3.31. The number of thiophene rings is 1. The first-order valence-electron chi connectivity index (χ1n) is 14.1. The van der Waals surface area contributed by atoms with E-state index in [0.717, 1.165) is 41.9 Å². The van der Waals surface area contributed by atoms with E-state index in [0.29, 0.717) is 24.4 Å². The number of alkyl carbamates (subject to hydrolysis) is 1. The maximum absolute atomic E-state index is 13.7. The predicted octanol–water partition coefficient (Wildman–Crippen LogP) is 6.41. The molecule has 2 fully saturated rings. The van der Waals surface area contributed by atoms with Crippen molar-refractivity contribution in [1.82, 2.24) is 19.4 Å². The summed E-state index contributed by atoms with van der Waals surface area (Å²) in [4.78, 5) is 29.2. The molecule has 212 valence electrons. The summed E-state index contributed by atoms with van der Waals surface area (Å²) in [6.07, 6.45) is 3.77. The van der Waals surface area contributed by atoms with Gasteiger partial charge in [-0.05, 0) is 88.1 Å². The number of hydrogen-bond acceptors (Lipinski definition) is 5. The summed E-state index contributed by atoms with van der Waals surface area (Å²) >= 11 is 1.79. The van der Waals surface area contributed by atoms with Crippen molar-refractivity contribution in [3.05, 3.63) is 41.3 Å². The second kappa shape index (κ2) is 10.2. The molecule has 1 aliphatic carbocycles. The van der Waals surface area contributed by atoms with Crippen molar-refractivity contribution in [3.8, 4) is 17.1 Å². The minimum atomic E-state index is -0.566. The fourth-order valence-corrected chi connectivity index (χ4v) is 6.76. The second-order valence-electron chi connectivity index (χ2n) is 12.2. The smallest absolute Gasteiger partial charge is 0.407 e. The highest BCUT2D eigenvalue weighted by Crippen LogP contribution is 2.40. The fraction of sp³-hybridized carbons (Fsp3) is 0.484. The Morgan fingerprint density at radius 3 is 2.58 bits per heavy atom. The number of carbonyl (C=O) groups excluding carboxylic acids is 2. The number of carbonyl (C=O) groups is 2. The number of benzene rings is 1. The van der Waals surface area contributed by atoms with Crippen molar-refractivity contribution in [3.63, 3.8) is 0 Å². The van der Waals surface area contributed by atoms with Crippen molar-refractivity contribution in [2.45, 2.75) is 64.6 Å². The van der Waals surface area contributed by atoms with Gasteiger partial charge in [-0.2, -0.15) is 0 Å². The number of amides is 2. The molecule has 1 unspecified atom stereocenters. The lowest BCUT2D eigenvalue weighted by Crippen LogP contribution is -2.50. The Morgan fingerprint density at radius 1 is 1.07 bits per heavy atom. The van der Waals surface area contributed by atoms with Gasteiger partial charge in [-0.1, -0.05) is 0 Å². The number of hydrogen-bond donors (Lipinski definition) is 1. The third kappa shape index (κ3) is 5.19. The van der Waals surface area contributed by atoms with Crippen LogP contribution in [0.15, 0.2) is 35.7 Å². The number of nitrogens with one attached hydrogen (secondary N) is 1. The average molecular weight is 563 g/mol.